The van der Waals surface area contributed by atoms with E-state index in [0.29, 0.717) is 0 Å². The largest absolute Gasteiger partial charge is 0.481 e. The minimum atomic E-state index is -1.79. The van der Waals surface area contributed by atoms with Gasteiger partial charge in [-0.3, -0.25) is 4.79 Å². The summed E-state index contributed by atoms with van der Waals surface area (Å²) in [5, 5.41) is 60.2. The molecule has 11 heteroatoms. The van der Waals surface area contributed by atoms with Crippen LogP contribution in [0.1, 0.15) is 6.42 Å². The van der Waals surface area contributed by atoms with Crippen molar-refractivity contribution in [2.75, 3.05) is 6.61 Å². The molecule has 0 aliphatic carbocycles. The smallest absolute Gasteiger partial charge is 0.333 e. The molecular weight excluding hydrogens is 294 g/mol. The van der Waals surface area contributed by atoms with Crippen LogP contribution < -0.4 is 5.73 Å². The normalized spacial score (nSPS) is 33.5. The second kappa shape index (κ2) is 8.84. The predicted octanol–water partition coefficient (Wildman–Crippen LogP) is -4.35. The van der Waals surface area contributed by atoms with E-state index in [1.54, 1.807) is 0 Å². The summed E-state index contributed by atoms with van der Waals surface area (Å²) in [6.07, 6.45) is -7.40. The van der Waals surface area contributed by atoms with Gasteiger partial charge in [-0.1, -0.05) is 0 Å². The van der Waals surface area contributed by atoms with Gasteiger partial charge in [0.1, 0.15) is 18.3 Å². The molecule has 1 heterocycles. The van der Waals surface area contributed by atoms with Crippen molar-refractivity contribution < 1.29 is 50.1 Å². The minimum absolute atomic E-state index is 0.470. The van der Waals surface area contributed by atoms with E-state index in [9.17, 15) is 19.8 Å². The van der Waals surface area contributed by atoms with E-state index in [-0.39, 0.29) is 0 Å². The highest BCUT2D eigenvalue weighted by Crippen LogP contribution is 2.17. The van der Waals surface area contributed by atoms with Gasteiger partial charge in [-0.05, 0) is 0 Å². The number of aliphatic hydroxyl groups is 5. The van der Waals surface area contributed by atoms with Gasteiger partial charge in [0.05, 0.1) is 19.1 Å². The highest BCUT2D eigenvalue weighted by molar-refractivity contribution is 5.79. The lowest BCUT2D eigenvalue weighted by atomic mass is 9.98. The van der Waals surface area contributed by atoms with Crippen LogP contribution in [-0.4, -0.2) is 91.0 Å². The van der Waals surface area contributed by atoms with Gasteiger partial charge in [-0.2, -0.15) is 0 Å². The summed E-state index contributed by atoms with van der Waals surface area (Å²) in [6.45, 7) is -0.470. The number of hydrogen-bond acceptors (Lipinski definition) is 9. The third-order valence-electron chi connectivity index (χ3n) is 2.60. The van der Waals surface area contributed by atoms with Crippen molar-refractivity contribution in [3.63, 3.8) is 0 Å². The third kappa shape index (κ3) is 6.31. The first kappa shape index (κ1) is 19.7. The maximum atomic E-state index is 9.72. The molecule has 1 aliphatic rings. The van der Waals surface area contributed by atoms with Crippen molar-refractivity contribution in [2.45, 2.75) is 43.2 Å². The highest BCUT2D eigenvalue weighted by atomic mass is 16.6. The molecule has 1 aliphatic heterocycles. The van der Waals surface area contributed by atoms with Crippen LogP contribution in [0.2, 0.25) is 0 Å². The van der Waals surface area contributed by atoms with E-state index in [1.165, 1.54) is 0 Å². The fourth-order valence-corrected chi connectivity index (χ4v) is 1.37. The zero-order valence-corrected chi connectivity index (χ0v) is 10.8. The Hall–Kier alpha value is -1.34. The molecule has 1 saturated heterocycles. The van der Waals surface area contributed by atoms with E-state index in [2.05, 4.69) is 0 Å². The van der Waals surface area contributed by atoms with Gasteiger partial charge in [0.2, 0.25) is 0 Å². The fourth-order valence-electron chi connectivity index (χ4n) is 1.37. The number of aliphatic carboxylic acids is 2. The van der Waals surface area contributed by atoms with Crippen LogP contribution in [-0.2, 0) is 14.3 Å². The first-order chi connectivity index (χ1) is 9.61. The first-order valence-electron chi connectivity index (χ1n) is 5.80. The van der Waals surface area contributed by atoms with Crippen molar-refractivity contribution in [1.82, 2.24) is 0 Å². The number of hydrogen-bond donors (Lipinski definition) is 8. The summed E-state index contributed by atoms with van der Waals surface area (Å²) in [5.74, 6) is -2.85. The van der Waals surface area contributed by atoms with Crippen molar-refractivity contribution >= 4 is 11.9 Å². The average molecular weight is 313 g/mol. The standard InChI is InChI=1S/C6H13NO5.C4H6O5/c7-3-5(10)4(9)2(1-8)12-6(3)11;5-2(4(8)9)1-3(6)7/h2-6,8-11H,1,7H2;2,5H,1H2,(H,6,7)(H,8,9)/t2-,3-,4-,5-,6-;/m1./s1. The third-order valence-corrected chi connectivity index (χ3v) is 2.60. The van der Waals surface area contributed by atoms with Crippen LogP contribution in [0.25, 0.3) is 0 Å². The molecule has 0 spiro atoms. The SMILES string of the molecule is N[C@@H]1[C@@H](O)[C@H](O)[C@@H](CO)O[C@H]1O.O=C(O)CC(O)C(=O)O. The highest BCUT2D eigenvalue weighted by Gasteiger charge is 2.41. The molecule has 1 fully saturated rings. The van der Waals surface area contributed by atoms with Crippen LogP contribution in [0.5, 0.6) is 0 Å². The van der Waals surface area contributed by atoms with E-state index >= 15 is 0 Å². The molecule has 0 bridgehead atoms. The molecule has 0 aromatic carbocycles. The summed E-state index contributed by atoms with van der Waals surface area (Å²) in [4.78, 5) is 19.4. The molecule has 21 heavy (non-hydrogen) atoms. The first-order valence-corrected chi connectivity index (χ1v) is 5.80. The quantitative estimate of drug-likeness (QED) is 0.248. The van der Waals surface area contributed by atoms with Gasteiger partial charge < -0.3 is 46.2 Å². The molecule has 0 aromatic heterocycles. The second-order valence-corrected chi connectivity index (χ2v) is 4.26. The fraction of sp³-hybridized carbons (Fsp3) is 0.800. The molecule has 0 aromatic rings. The topological polar surface area (TPSA) is 211 Å². The number of carboxylic acids is 2. The molecule has 1 unspecified atom stereocenters. The Morgan fingerprint density at radius 2 is 1.67 bits per heavy atom. The Kier molecular flexibility index (Phi) is 8.27. The summed E-state index contributed by atoms with van der Waals surface area (Å²) in [6, 6.07) is -1.04. The average Bonchev–Trinajstić information content (AvgIpc) is 2.40. The van der Waals surface area contributed by atoms with E-state index in [1.807, 2.05) is 0 Å². The number of aliphatic hydroxyl groups excluding tert-OH is 5. The number of ether oxygens (including phenoxy) is 1. The molecule has 11 nitrogen and oxygen atoms in total. The summed E-state index contributed by atoms with van der Waals surface area (Å²) < 4.78 is 4.70. The maximum absolute atomic E-state index is 9.72. The van der Waals surface area contributed by atoms with Gasteiger partial charge in [0, 0.05) is 0 Å². The molecule has 9 N–H and O–H groups in total. The Balaban J connectivity index is 0.000000400. The molecule has 0 amide bonds. The van der Waals surface area contributed by atoms with Crippen LogP contribution in [0.3, 0.4) is 0 Å². The number of rotatable bonds is 4. The summed E-state index contributed by atoms with van der Waals surface area (Å²) in [7, 11) is 0. The predicted molar refractivity (Wildman–Crippen MR) is 63.9 cm³/mol. The molecule has 124 valence electrons. The molecule has 6 atom stereocenters. The lowest BCUT2D eigenvalue weighted by Crippen LogP contribution is -2.61. The lowest BCUT2D eigenvalue weighted by Gasteiger charge is -2.38. The zero-order chi connectivity index (χ0) is 16.7. The lowest BCUT2D eigenvalue weighted by molar-refractivity contribution is -0.248. The van der Waals surface area contributed by atoms with Crippen molar-refractivity contribution in [1.29, 1.82) is 0 Å². The van der Waals surface area contributed by atoms with E-state index in [4.69, 9.17) is 36.0 Å². The zero-order valence-electron chi connectivity index (χ0n) is 10.8. The number of nitrogens with two attached hydrogens (primary N) is 1. The number of carboxylic acid groups (broad SMARTS) is 2. The van der Waals surface area contributed by atoms with Crippen molar-refractivity contribution in [3.8, 4) is 0 Å². The molecule has 0 saturated carbocycles. The minimum Gasteiger partial charge on any atom is -0.481 e. The van der Waals surface area contributed by atoms with Crippen LogP contribution in [0, 0.1) is 0 Å². The van der Waals surface area contributed by atoms with Crippen LogP contribution in [0.15, 0.2) is 0 Å². The van der Waals surface area contributed by atoms with E-state index < -0.39 is 61.7 Å². The van der Waals surface area contributed by atoms with Gasteiger partial charge in [-0.15, -0.1) is 0 Å². The Bertz CT molecular complexity index is 346. The number of carbonyl (C=O) groups is 2. The van der Waals surface area contributed by atoms with Crippen LogP contribution in [0.4, 0.5) is 0 Å². The maximum Gasteiger partial charge on any atom is 0.333 e. The van der Waals surface area contributed by atoms with Crippen LogP contribution >= 0.6 is 0 Å². The molecule has 0 radical (unpaired) electrons. The molecule has 1 rings (SSSR count). The van der Waals surface area contributed by atoms with Gasteiger partial charge in [-0.25, -0.2) is 4.79 Å². The summed E-state index contributed by atoms with van der Waals surface area (Å²) in [5.41, 5.74) is 5.26. The Labute approximate surface area is 118 Å². The van der Waals surface area contributed by atoms with Gasteiger partial charge in [0.15, 0.2) is 12.4 Å². The van der Waals surface area contributed by atoms with Gasteiger partial charge >= 0.3 is 11.9 Å². The monoisotopic (exact) mass is 313 g/mol. The molecular formula is C10H19NO10. The Morgan fingerprint density at radius 3 is 2.00 bits per heavy atom. The summed E-state index contributed by atoms with van der Waals surface area (Å²) >= 11 is 0. The van der Waals surface area contributed by atoms with Crippen molar-refractivity contribution in [3.05, 3.63) is 0 Å². The van der Waals surface area contributed by atoms with E-state index in [0.717, 1.165) is 0 Å². The van der Waals surface area contributed by atoms with Crippen molar-refractivity contribution in [2.24, 2.45) is 5.73 Å². The van der Waals surface area contributed by atoms with Gasteiger partial charge in [0.25, 0.3) is 0 Å². The second-order valence-electron chi connectivity index (χ2n) is 4.26. The Morgan fingerprint density at radius 1 is 1.14 bits per heavy atom.